The third kappa shape index (κ3) is 3.50. The summed E-state index contributed by atoms with van der Waals surface area (Å²) in [5.74, 6) is 0.0663. The Labute approximate surface area is 163 Å². The number of fused-ring (bicyclic) bond motifs is 1. The van der Waals surface area contributed by atoms with Gasteiger partial charge in [-0.1, -0.05) is 29.8 Å². The number of nitrogens with one attached hydrogen (secondary N) is 2. The van der Waals surface area contributed by atoms with E-state index in [1.165, 1.54) is 13.1 Å². The third-order valence-corrected chi connectivity index (χ3v) is 5.49. The van der Waals surface area contributed by atoms with Crippen LogP contribution in [0.1, 0.15) is 43.8 Å². The molecule has 7 heteroatoms. The van der Waals surface area contributed by atoms with E-state index in [0.717, 1.165) is 5.56 Å². The minimum Gasteiger partial charge on any atom is -0.382 e. The summed E-state index contributed by atoms with van der Waals surface area (Å²) in [5.41, 5.74) is 2.38. The number of nitrogens with zero attached hydrogens (tertiary/aromatic N) is 1. The van der Waals surface area contributed by atoms with Gasteiger partial charge in [0, 0.05) is 30.5 Å². The molecule has 0 spiro atoms. The van der Waals surface area contributed by atoms with Crippen LogP contribution < -0.4 is 10.6 Å². The average Bonchev–Trinajstić information content (AvgIpc) is 3.13. The monoisotopic (exact) mass is 381 g/mol. The van der Waals surface area contributed by atoms with Crippen molar-refractivity contribution in [2.24, 2.45) is 11.8 Å². The summed E-state index contributed by atoms with van der Waals surface area (Å²) in [5, 5.41) is 16.3. The summed E-state index contributed by atoms with van der Waals surface area (Å²) in [7, 11) is 1.50. The number of rotatable bonds is 5. The fraction of sp³-hybridized carbons (Fsp3) is 0.381. The molecule has 2 fully saturated rings. The Morgan fingerprint density at radius 1 is 1.14 bits per heavy atom. The van der Waals surface area contributed by atoms with E-state index in [1.807, 2.05) is 19.1 Å². The number of benzene rings is 1. The number of hydrogen-bond acceptors (Lipinski definition) is 5. The number of aromatic nitrogens is 1. The highest BCUT2D eigenvalue weighted by atomic mass is 16.5. The Balaban J connectivity index is 1.62. The number of ether oxygens (including phenoxy) is 1. The number of aliphatic hydroxyl groups is 1. The zero-order valence-corrected chi connectivity index (χ0v) is 15.8. The molecule has 1 aliphatic heterocycles. The van der Waals surface area contributed by atoms with Crippen LogP contribution >= 0.6 is 0 Å². The highest BCUT2D eigenvalue weighted by Gasteiger charge is 2.54. The first-order valence-corrected chi connectivity index (χ1v) is 9.35. The van der Waals surface area contributed by atoms with Crippen molar-refractivity contribution in [3.05, 3.63) is 64.5 Å². The molecule has 2 amide bonds. The van der Waals surface area contributed by atoms with Crippen molar-refractivity contribution in [3.8, 4) is 0 Å². The number of carbonyl (C=O) groups is 2. The lowest BCUT2D eigenvalue weighted by Crippen LogP contribution is -2.31. The van der Waals surface area contributed by atoms with Gasteiger partial charge in [0.15, 0.2) is 0 Å². The van der Waals surface area contributed by atoms with E-state index in [2.05, 4.69) is 15.6 Å². The molecule has 1 aliphatic carbocycles. The van der Waals surface area contributed by atoms with Gasteiger partial charge in [0.2, 0.25) is 0 Å². The molecule has 1 saturated heterocycles. The highest BCUT2D eigenvalue weighted by Crippen LogP contribution is 2.44. The van der Waals surface area contributed by atoms with Crippen LogP contribution in [0.2, 0.25) is 0 Å². The van der Waals surface area contributed by atoms with Crippen LogP contribution in [0, 0.1) is 18.8 Å². The van der Waals surface area contributed by atoms with E-state index in [-0.39, 0.29) is 23.3 Å². The summed E-state index contributed by atoms with van der Waals surface area (Å²) in [6.45, 7) is 3.31. The lowest BCUT2D eigenvalue weighted by Gasteiger charge is -2.14. The van der Waals surface area contributed by atoms with Crippen molar-refractivity contribution in [2.75, 3.05) is 20.3 Å². The van der Waals surface area contributed by atoms with E-state index in [4.69, 9.17) is 4.74 Å². The average molecular weight is 381 g/mol. The van der Waals surface area contributed by atoms with E-state index >= 15 is 0 Å². The molecule has 2 aromatic rings. The minimum atomic E-state index is -1.04. The summed E-state index contributed by atoms with van der Waals surface area (Å²) < 4.78 is 5.35. The molecule has 2 aliphatic rings. The fourth-order valence-corrected chi connectivity index (χ4v) is 3.68. The standard InChI is InChI=1S/C21H23N3O4/c1-11-3-5-12(6-4-11)19(25)16-7-13(8-17(23-16)21(27)22-2)20(26)24-18-14-9-28-10-15(14)18/h3-8,14-15,18-19,25H,9-10H2,1-2H3,(H,22,27)(H,24,26)/t14-,15+,18+,19?. The van der Waals surface area contributed by atoms with Crippen LogP contribution in [0.4, 0.5) is 0 Å². The van der Waals surface area contributed by atoms with Gasteiger partial charge in [-0.3, -0.25) is 9.59 Å². The number of aryl methyl sites for hydroxylation is 1. The summed E-state index contributed by atoms with van der Waals surface area (Å²) in [6, 6.07) is 10.5. The van der Waals surface area contributed by atoms with Crippen LogP contribution in [0.25, 0.3) is 0 Å². The van der Waals surface area contributed by atoms with Crippen LogP contribution in [0.15, 0.2) is 36.4 Å². The second kappa shape index (κ2) is 7.33. The number of hydrogen-bond donors (Lipinski definition) is 3. The second-order valence-corrected chi connectivity index (χ2v) is 7.42. The minimum absolute atomic E-state index is 0.0932. The molecule has 0 radical (unpaired) electrons. The largest absolute Gasteiger partial charge is 0.382 e. The molecule has 2 heterocycles. The van der Waals surface area contributed by atoms with Gasteiger partial charge in [-0.2, -0.15) is 0 Å². The zero-order valence-electron chi connectivity index (χ0n) is 15.8. The molecular formula is C21H23N3O4. The van der Waals surface area contributed by atoms with Crippen LogP contribution in [0.5, 0.6) is 0 Å². The van der Waals surface area contributed by atoms with Crippen LogP contribution in [0.3, 0.4) is 0 Å². The van der Waals surface area contributed by atoms with Gasteiger partial charge < -0.3 is 20.5 Å². The van der Waals surface area contributed by atoms with E-state index in [9.17, 15) is 14.7 Å². The number of aliphatic hydroxyl groups excluding tert-OH is 1. The Morgan fingerprint density at radius 3 is 2.46 bits per heavy atom. The topological polar surface area (TPSA) is 101 Å². The number of amides is 2. The lowest BCUT2D eigenvalue weighted by molar-refractivity contribution is 0.0928. The Morgan fingerprint density at radius 2 is 1.82 bits per heavy atom. The van der Waals surface area contributed by atoms with Crippen LogP contribution in [-0.2, 0) is 4.74 Å². The maximum absolute atomic E-state index is 12.8. The van der Waals surface area contributed by atoms with E-state index in [1.54, 1.807) is 18.2 Å². The zero-order chi connectivity index (χ0) is 19.8. The first kappa shape index (κ1) is 18.6. The predicted octanol–water partition coefficient (Wildman–Crippen LogP) is 1.21. The maximum Gasteiger partial charge on any atom is 0.269 e. The van der Waals surface area contributed by atoms with Gasteiger partial charge >= 0.3 is 0 Å². The molecule has 3 N–H and O–H groups in total. The van der Waals surface area contributed by atoms with Gasteiger partial charge in [-0.25, -0.2) is 4.98 Å². The molecular weight excluding hydrogens is 358 g/mol. The Kier molecular flexibility index (Phi) is 4.87. The van der Waals surface area contributed by atoms with E-state index < -0.39 is 12.0 Å². The summed E-state index contributed by atoms with van der Waals surface area (Å²) in [6.07, 6.45) is -1.04. The summed E-state index contributed by atoms with van der Waals surface area (Å²) >= 11 is 0. The normalized spacial score (nSPS) is 23.6. The molecule has 4 rings (SSSR count). The van der Waals surface area contributed by atoms with Gasteiger partial charge in [0.05, 0.1) is 18.9 Å². The predicted molar refractivity (Wildman–Crippen MR) is 102 cm³/mol. The van der Waals surface area contributed by atoms with Crippen molar-refractivity contribution in [1.82, 2.24) is 15.6 Å². The van der Waals surface area contributed by atoms with Crippen molar-refractivity contribution in [3.63, 3.8) is 0 Å². The number of carbonyl (C=O) groups excluding carboxylic acids is 2. The van der Waals surface area contributed by atoms with Crippen LogP contribution in [-0.4, -0.2) is 48.2 Å². The van der Waals surface area contributed by atoms with Gasteiger partial charge in [-0.15, -0.1) is 0 Å². The second-order valence-electron chi connectivity index (χ2n) is 7.42. The molecule has 1 unspecified atom stereocenters. The first-order chi connectivity index (χ1) is 13.5. The van der Waals surface area contributed by atoms with Gasteiger partial charge in [0.1, 0.15) is 11.8 Å². The molecule has 7 nitrogen and oxygen atoms in total. The van der Waals surface area contributed by atoms with Crippen molar-refractivity contribution < 1.29 is 19.4 Å². The smallest absolute Gasteiger partial charge is 0.269 e. The highest BCUT2D eigenvalue weighted by molar-refractivity contribution is 5.99. The molecule has 1 aromatic heterocycles. The Bertz CT molecular complexity index is 902. The molecule has 4 atom stereocenters. The molecule has 0 bridgehead atoms. The maximum atomic E-state index is 12.8. The molecule has 1 saturated carbocycles. The lowest BCUT2D eigenvalue weighted by atomic mass is 10.0. The third-order valence-electron chi connectivity index (χ3n) is 5.49. The quantitative estimate of drug-likeness (QED) is 0.723. The van der Waals surface area contributed by atoms with Crippen molar-refractivity contribution in [2.45, 2.75) is 19.1 Å². The van der Waals surface area contributed by atoms with Gasteiger partial charge in [0.25, 0.3) is 11.8 Å². The SMILES string of the molecule is CNC(=O)c1cc(C(=O)N[C@H]2[C@@H]3COC[C@@H]32)cc(C(O)c2ccc(C)cc2)n1. The first-order valence-electron chi connectivity index (χ1n) is 9.35. The fourth-order valence-electron chi connectivity index (χ4n) is 3.68. The Hall–Kier alpha value is -2.77. The molecule has 146 valence electrons. The summed E-state index contributed by atoms with van der Waals surface area (Å²) in [4.78, 5) is 29.2. The number of pyridine rings is 1. The molecule has 1 aromatic carbocycles. The van der Waals surface area contributed by atoms with Crippen molar-refractivity contribution in [1.29, 1.82) is 0 Å². The van der Waals surface area contributed by atoms with Gasteiger partial charge in [-0.05, 0) is 24.6 Å². The molecule has 28 heavy (non-hydrogen) atoms. The van der Waals surface area contributed by atoms with Crippen molar-refractivity contribution >= 4 is 11.8 Å². The van der Waals surface area contributed by atoms with E-state index in [0.29, 0.717) is 36.2 Å².